The highest BCUT2D eigenvalue weighted by molar-refractivity contribution is 5.62. The smallest absolute Gasteiger partial charge is 0.203 e. The molecule has 0 aliphatic heterocycles. The maximum absolute atomic E-state index is 5.40. The van der Waals surface area contributed by atoms with Crippen LogP contribution in [0.25, 0.3) is 17.1 Å². The fourth-order valence-electron chi connectivity index (χ4n) is 2.40. The van der Waals surface area contributed by atoms with Gasteiger partial charge >= 0.3 is 0 Å². The molecule has 0 saturated heterocycles. The summed E-state index contributed by atoms with van der Waals surface area (Å²) in [6, 6.07) is 13.5. The SMILES string of the molecule is COc1cc(-n2ncnc2-c2ccccc2)cc(OC)c1OC. The van der Waals surface area contributed by atoms with Crippen molar-refractivity contribution in [2.45, 2.75) is 0 Å². The molecule has 2 aromatic carbocycles. The van der Waals surface area contributed by atoms with Gasteiger partial charge in [-0.2, -0.15) is 5.10 Å². The van der Waals surface area contributed by atoms with Crippen molar-refractivity contribution in [3.05, 3.63) is 48.8 Å². The molecule has 0 amide bonds. The van der Waals surface area contributed by atoms with Crippen molar-refractivity contribution in [2.75, 3.05) is 21.3 Å². The summed E-state index contributed by atoms with van der Waals surface area (Å²) in [6.45, 7) is 0. The van der Waals surface area contributed by atoms with Crippen LogP contribution in [0.3, 0.4) is 0 Å². The Kier molecular flexibility index (Phi) is 4.14. The molecule has 23 heavy (non-hydrogen) atoms. The average molecular weight is 311 g/mol. The second-order valence-corrected chi connectivity index (χ2v) is 4.75. The van der Waals surface area contributed by atoms with Gasteiger partial charge in [-0.3, -0.25) is 0 Å². The van der Waals surface area contributed by atoms with Gasteiger partial charge in [-0.1, -0.05) is 30.3 Å². The van der Waals surface area contributed by atoms with Crippen LogP contribution < -0.4 is 14.2 Å². The van der Waals surface area contributed by atoms with E-state index in [-0.39, 0.29) is 0 Å². The van der Waals surface area contributed by atoms with Gasteiger partial charge in [0.2, 0.25) is 5.75 Å². The van der Waals surface area contributed by atoms with Gasteiger partial charge in [0.25, 0.3) is 0 Å². The molecule has 0 atom stereocenters. The summed E-state index contributed by atoms with van der Waals surface area (Å²) in [5.41, 5.74) is 1.75. The highest BCUT2D eigenvalue weighted by atomic mass is 16.5. The van der Waals surface area contributed by atoms with E-state index in [1.807, 2.05) is 42.5 Å². The Bertz CT molecular complexity index is 775. The van der Waals surface area contributed by atoms with Crippen LogP contribution in [0.15, 0.2) is 48.8 Å². The molecule has 0 unspecified atom stereocenters. The number of hydrogen-bond acceptors (Lipinski definition) is 5. The van der Waals surface area contributed by atoms with Gasteiger partial charge < -0.3 is 14.2 Å². The quantitative estimate of drug-likeness (QED) is 0.725. The maximum atomic E-state index is 5.40. The lowest BCUT2D eigenvalue weighted by Crippen LogP contribution is -2.02. The summed E-state index contributed by atoms with van der Waals surface area (Å²) in [6.07, 6.45) is 1.52. The first-order chi connectivity index (χ1) is 11.3. The summed E-state index contributed by atoms with van der Waals surface area (Å²) in [4.78, 5) is 4.36. The van der Waals surface area contributed by atoms with Gasteiger partial charge in [-0.25, -0.2) is 9.67 Å². The topological polar surface area (TPSA) is 58.4 Å². The van der Waals surface area contributed by atoms with E-state index in [1.54, 1.807) is 26.0 Å². The predicted octanol–water partition coefficient (Wildman–Crippen LogP) is 2.96. The lowest BCUT2D eigenvalue weighted by molar-refractivity contribution is 0.324. The minimum Gasteiger partial charge on any atom is -0.493 e. The van der Waals surface area contributed by atoms with Crippen LogP contribution in [-0.4, -0.2) is 36.1 Å². The Morgan fingerprint density at radius 2 is 1.52 bits per heavy atom. The minimum absolute atomic E-state index is 0.542. The van der Waals surface area contributed by atoms with Crippen molar-refractivity contribution >= 4 is 0 Å². The number of rotatable bonds is 5. The van der Waals surface area contributed by atoms with E-state index in [0.29, 0.717) is 17.2 Å². The molecule has 3 rings (SSSR count). The Morgan fingerprint density at radius 3 is 2.09 bits per heavy atom. The molecular formula is C17H17N3O3. The predicted molar refractivity (Wildman–Crippen MR) is 86.5 cm³/mol. The molecular weight excluding hydrogens is 294 g/mol. The van der Waals surface area contributed by atoms with Crippen LogP contribution in [0.2, 0.25) is 0 Å². The molecule has 3 aromatic rings. The third-order valence-electron chi connectivity index (χ3n) is 3.47. The van der Waals surface area contributed by atoms with Gasteiger partial charge in [0, 0.05) is 17.7 Å². The lowest BCUT2D eigenvalue weighted by Gasteiger charge is -2.14. The molecule has 0 fully saturated rings. The minimum atomic E-state index is 0.542. The highest BCUT2D eigenvalue weighted by Crippen LogP contribution is 2.39. The fourth-order valence-corrected chi connectivity index (χ4v) is 2.40. The number of aromatic nitrogens is 3. The van der Waals surface area contributed by atoms with Crippen molar-refractivity contribution in [1.82, 2.24) is 14.8 Å². The van der Waals surface area contributed by atoms with E-state index >= 15 is 0 Å². The van der Waals surface area contributed by atoms with Gasteiger partial charge in [-0.05, 0) is 0 Å². The molecule has 1 aromatic heterocycles. The first-order valence-electron chi connectivity index (χ1n) is 7.04. The zero-order valence-corrected chi connectivity index (χ0v) is 13.2. The lowest BCUT2D eigenvalue weighted by atomic mass is 10.2. The molecule has 6 nitrogen and oxygen atoms in total. The van der Waals surface area contributed by atoms with E-state index in [0.717, 1.165) is 17.1 Å². The zero-order valence-electron chi connectivity index (χ0n) is 13.2. The average Bonchev–Trinajstić information content (AvgIpc) is 3.10. The van der Waals surface area contributed by atoms with Crippen LogP contribution in [-0.2, 0) is 0 Å². The summed E-state index contributed by atoms with van der Waals surface area (Å²) in [7, 11) is 4.74. The van der Waals surface area contributed by atoms with Gasteiger partial charge in [0.05, 0.1) is 27.0 Å². The van der Waals surface area contributed by atoms with E-state index in [4.69, 9.17) is 14.2 Å². The third kappa shape index (κ3) is 2.70. The highest BCUT2D eigenvalue weighted by Gasteiger charge is 2.16. The maximum Gasteiger partial charge on any atom is 0.203 e. The van der Waals surface area contributed by atoms with E-state index < -0.39 is 0 Å². The standard InChI is InChI=1S/C17H17N3O3/c1-21-14-9-13(10-15(22-2)16(14)23-3)20-17(18-11-19-20)12-7-5-4-6-8-12/h4-11H,1-3H3. The molecule has 0 spiro atoms. The monoisotopic (exact) mass is 311 g/mol. The second-order valence-electron chi connectivity index (χ2n) is 4.75. The molecule has 0 aliphatic rings. The number of methoxy groups -OCH3 is 3. The molecule has 0 aliphatic carbocycles. The Labute approximate surface area is 134 Å². The summed E-state index contributed by atoms with van der Waals surface area (Å²) < 4.78 is 17.9. The van der Waals surface area contributed by atoms with Gasteiger partial charge in [0.15, 0.2) is 17.3 Å². The zero-order chi connectivity index (χ0) is 16.2. The summed E-state index contributed by atoms with van der Waals surface area (Å²) in [5.74, 6) is 2.41. The Morgan fingerprint density at radius 1 is 0.870 bits per heavy atom. The van der Waals surface area contributed by atoms with Gasteiger partial charge in [-0.15, -0.1) is 0 Å². The summed E-state index contributed by atoms with van der Waals surface area (Å²) >= 11 is 0. The summed E-state index contributed by atoms with van der Waals surface area (Å²) in [5, 5.41) is 4.32. The first-order valence-corrected chi connectivity index (χ1v) is 7.04. The molecule has 0 radical (unpaired) electrons. The normalized spacial score (nSPS) is 10.4. The Hall–Kier alpha value is -3.02. The van der Waals surface area contributed by atoms with Crippen LogP contribution in [0, 0.1) is 0 Å². The van der Waals surface area contributed by atoms with E-state index in [9.17, 15) is 0 Å². The van der Waals surface area contributed by atoms with Crippen molar-refractivity contribution in [3.8, 4) is 34.3 Å². The number of hydrogen-bond donors (Lipinski definition) is 0. The Balaban J connectivity index is 2.15. The van der Waals surface area contributed by atoms with Crippen LogP contribution in [0.1, 0.15) is 0 Å². The van der Waals surface area contributed by atoms with Crippen molar-refractivity contribution in [3.63, 3.8) is 0 Å². The molecule has 0 saturated carbocycles. The van der Waals surface area contributed by atoms with Crippen LogP contribution in [0.5, 0.6) is 17.2 Å². The van der Waals surface area contributed by atoms with Crippen molar-refractivity contribution in [2.24, 2.45) is 0 Å². The van der Waals surface area contributed by atoms with Crippen molar-refractivity contribution < 1.29 is 14.2 Å². The number of ether oxygens (including phenoxy) is 3. The molecule has 6 heteroatoms. The molecule has 1 heterocycles. The van der Waals surface area contributed by atoms with Crippen LogP contribution >= 0.6 is 0 Å². The molecule has 0 N–H and O–H groups in total. The first kappa shape index (κ1) is 14.9. The van der Waals surface area contributed by atoms with E-state index in [2.05, 4.69) is 10.1 Å². The van der Waals surface area contributed by atoms with Crippen molar-refractivity contribution in [1.29, 1.82) is 0 Å². The van der Waals surface area contributed by atoms with Gasteiger partial charge in [0.1, 0.15) is 6.33 Å². The molecule has 118 valence electrons. The third-order valence-corrected chi connectivity index (χ3v) is 3.47. The fraction of sp³-hybridized carbons (Fsp3) is 0.176. The van der Waals surface area contributed by atoms with E-state index in [1.165, 1.54) is 6.33 Å². The molecule has 0 bridgehead atoms. The second kappa shape index (κ2) is 6.39. The largest absolute Gasteiger partial charge is 0.493 e. The van der Waals surface area contributed by atoms with Crippen LogP contribution in [0.4, 0.5) is 0 Å². The number of benzene rings is 2. The number of nitrogens with zero attached hydrogens (tertiary/aromatic N) is 3.